The Morgan fingerprint density at radius 2 is 0.800 bits per heavy atom. The molecule has 0 amide bonds. The maximum absolute atomic E-state index is 8.47. The summed E-state index contributed by atoms with van der Waals surface area (Å²) in [5.41, 5.74) is 0. The molecule has 0 unspecified atom stereocenters. The van der Waals surface area contributed by atoms with Crippen molar-refractivity contribution >= 4 is 65.9 Å². The first-order chi connectivity index (χ1) is 17.0. The topological polar surface area (TPSA) is 83.3 Å². The van der Waals surface area contributed by atoms with Crippen LogP contribution in [-0.2, 0) is 0 Å². The quantitative estimate of drug-likeness (QED) is 0.154. The van der Waals surface area contributed by atoms with Crippen LogP contribution in [0.15, 0.2) is 131 Å². The number of carboxylic acids is 2. The van der Waals surface area contributed by atoms with Crippen molar-refractivity contribution in [1.29, 1.82) is 0 Å². The van der Waals surface area contributed by atoms with E-state index in [1.54, 1.807) is 6.25 Å². The molecule has 4 rings (SSSR count). The van der Waals surface area contributed by atoms with Gasteiger partial charge in [-0.2, -0.15) is 0 Å². The van der Waals surface area contributed by atoms with Crippen molar-refractivity contribution in [2.45, 2.75) is 9.79 Å². The molecular weight excluding hydrogens is 672 g/mol. The number of aliphatic carboxylic acids is 2. The van der Waals surface area contributed by atoms with Crippen LogP contribution < -0.4 is 6.25 Å². The van der Waals surface area contributed by atoms with Gasteiger partial charge >= 0.3 is 103 Å². The van der Waals surface area contributed by atoms with Gasteiger partial charge in [0, 0.05) is 9.79 Å². The van der Waals surface area contributed by atoms with Crippen LogP contribution in [0.1, 0.15) is 0 Å². The van der Waals surface area contributed by atoms with Gasteiger partial charge in [-0.3, -0.25) is 0 Å². The van der Waals surface area contributed by atoms with Crippen LogP contribution in [0.3, 0.4) is 0 Å². The zero-order valence-corrected chi connectivity index (χ0v) is 24.6. The van der Waals surface area contributed by atoms with Crippen molar-refractivity contribution < 1.29 is 19.8 Å². The molecule has 0 heterocycles. The van der Waals surface area contributed by atoms with E-state index in [0.717, 1.165) is 9.79 Å². The average Bonchev–Trinajstić information content (AvgIpc) is 2.89. The minimum absolute atomic E-state index is 0.240. The summed E-state index contributed by atoms with van der Waals surface area (Å²) >= 11 is 2.04. The number of aliphatic hydroxyl groups excluding tert-OH is 2. The maximum atomic E-state index is 8.47. The molecule has 4 aromatic rings. The molecule has 176 valence electrons. The third kappa shape index (κ3) is 14.4. The molecule has 0 aliphatic rings. The summed E-state index contributed by atoms with van der Waals surface area (Å²) in [5, 5.41) is 16.9. The van der Waals surface area contributed by atoms with Crippen LogP contribution in [0.25, 0.3) is 0 Å². The van der Waals surface area contributed by atoms with E-state index in [-0.39, 0.29) is 11.5 Å². The number of hydrogen-bond acceptors (Lipinski definition) is 2. The van der Waals surface area contributed by atoms with Crippen molar-refractivity contribution in [2.24, 2.45) is 0 Å². The Hall–Kier alpha value is -2.56. The first-order valence-corrected chi connectivity index (χ1v) is 16.6. The molecule has 35 heavy (non-hydrogen) atoms. The molecular formula is C28H28O4PbS2+4. The Labute approximate surface area is 227 Å². The standard InChI is InChI=1S/2C8H8O2S.2C6H5.Pb/c2*9-8(10)6-11-7-4-2-1-3-5-7;2*1-2-4-6-5-3-1;/h2*1-5H,6H2,(H,9,10);2*1-5H;/q;;;;+2/p+2. The van der Waals surface area contributed by atoms with Gasteiger partial charge in [0.15, 0.2) is 11.5 Å². The Morgan fingerprint density at radius 1 is 0.514 bits per heavy atom. The van der Waals surface area contributed by atoms with E-state index >= 15 is 0 Å². The molecule has 0 atom stereocenters. The summed E-state index contributed by atoms with van der Waals surface area (Å²) < 4.78 is 3.13. The fourth-order valence-electron chi connectivity index (χ4n) is 2.54. The third-order valence-electron chi connectivity index (χ3n) is 4.06. The molecule has 0 saturated heterocycles. The van der Waals surface area contributed by atoms with Crippen molar-refractivity contribution in [3.63, 3.8) is 0 Å². The first kappa shape index (κ1) is 28.7. The van der Waals surface area contributed by atoms with Gasteiger partial charge < -0.3 is 19.8 Å². The second kappa shape index (κ2) is 17.8. The molecule has 0 radical (unpaired) electrons. The van der Waals surface area contributed by atoms with E-state index in [9.17, 15) is 0 Å². The van der Waals surface area contributed by atoms with E-state index < -0.39 is 36.2 Å². The first-order valence-electron chi connectivity index (χ1n) is 10.7. The zero-order chi connectivity index (χ0) is 25.1. The Balaban J connectivity index is 0.000000186. The molecule has 0 spiro atoms. The number of hydrogen-bond donors (Lipinski definition) is 2. The van der Waals surface area contributed by atoms with E-state index in [2.05, 4.69) is 60.7 Å². The van der Waals surface area contributed by atoms with Crippen LogP contribution in [0.5, 0.6) is 0 Å². The number of thioether (sulfide) groups is 2. The van der Waals surface area contributed by atoms with Crippen LogP contribution in [-0.4, -0.2) is 67.5 Å². The summed E-state index contributed by atoms with van der Waals surface area (Å²) in [4.78, 5) is 19.0. The van der Waals surface area contributed by atoms with Crippen molar-refractivity contribution in [3.05, 3.63) is 121 Å². The predicted octanol–water partition coefficient (Wildman–Crippen LogP) is 5.02. The van der Waals surface area contributed by atoms with Gasteiger partial charge in [0.25, 0.3) is 0 Å². The van der Waals surface area contributed by atoms with Crippen molar-refractivity contribution in [3.8, 4) is 0 Å². The fourth-order valence-corrected chi connectivity index (χ4v) is 7.92. The van der Waals surface area contributed by atoms with Gasteiger partial charge in [-0.1, -0.05) is 36.4 Å². The molecule has 0 bridgehead atoms. The van der Waals surface area contributed by atoms with Gasteiger partial charge in [-0.15, -0.1) is 23.5 Å². The van der Waals surface area contributed by atoms with Gasteiger partial charge in [-0.25, -0.2) is 0 Å². The van der Waals surface area contributed by atoms with Crippen LogP contribution in [0.2, 0.25) is 0 Å². The minimum atomic E-state index is -0.740. The Morgan fingerprint density at radius 3 is 1.09 bits per heavy atom. The Kier molecular flexibility index (Phi) is 14.6. The molecule has 0 fully saturated rings. The van der Waals surface area contributed by atoms with Gasteiger partial charge in [0.2, 0.25) is 0 Å². The fraction of sp³-hybridized carbons (Fsp3) is 0.0714. The summed E-state index contributed by atoms with van der Waals surface area (Å²) in [6, 6.07) is 40.9. The van der Waals surface area contributed by atoms with E-state index in [1.807, 2.05) is 60.7 Å². The van der Waals surface area contributed by atoms with Gasteiger partial charge in [-0.05, 0) is 24.3 Å². The summed E-state index contributed by atoms with van der Waals surface area (Å²) in [6.07, 6.45) is 0. The van der Waals surface area contributed by atoms with Gasteiger partial charge in [0.1, 0.15) is 0 Å². The molecule has 4 aromatic carbocycles. The van der Waals surface area contributed by atoms with Crippen LogP contribution in [0, 0.1) is 0 Å². The van der Waals surface area contributed by atoms with Crippen molar-refractivity contribution in [2.75, 3.05) is 11.5 Å². The molecule has 0 aromatic heterocycles. The van der Waals surface area contributed by atoms with E-state index in [0.29, 0.717) is 0 Å². The van der Waals surface area contributed by atoms with Crippen LogP contribution in [0.4, 0.5) is 0 Å². The summed E-state index contributed by atoms with van der Waals surface area (Å²) in [5.74, 6) is -0.577. The SMILES string of the molecule is OC(=[OH+])CSc1ccccc1.OC(=[OH+])CSc1ccccc1.c1cc[c]([Pb+2][c]2ccccc2)cc1. The second-order valence-corrected chi connectivity index (χ2v) is 14.5. The van der Waals surface area contributed by atoms with E-state index in [1.165, 1.54) is 23.5 Å². The molecule has 0 saturated carbocycles. The number of rotatable bonds is 8. The molecule has 7 heteroatoms. The third-order valence-corrected chi connectivity index (χ3v) is 10.9. The summed E-state index contributed by atoms with van der Waals surface area (Å²) in [7, 11) is 0. The number of benzene rings is 4. The molecule has 4 nitrogen and oxygen atoms in total. The zero-order valence-electron chi connectivity index (χ0n) is 19.1. The second-order valence-electron chi connectivity index (χ2n) is 6.89. The van der Waals surface area contributed by atoms with Gasteiger partial charge in [0.05, 0.1) is 0 Å². The normalized spacial score (nSPS) is 9.37. The monoisotopic (exact) mass is 700 g/mol. The molecule has 0 aliphatic carbocycles. The molecule has 4 N–H and O–H groups in total. The molecule has 0 aliphatic heterocycles. The predicted molar refractivity (Wildman–Crippen MR) is 151 cm³/mol. The summed E-state index contributed by atoms with van der Waals surface area (Å²) in [6.45, 7) is 0. The number of carboxylic acid groups (broad SMARTS) is 2. The Bertz CT molecular complexity index is 1020. The van der Waals surface area contributed by atoms with Crippen LogP contribution >= 0.6 is 23.5 Å². The van der Waals surface area contributed by atoms with Crippen molar-refractivity contribution in [1.82, 2.24) is 0 Å². The average molecular weight is 700 g/mol. The van der Waals surface area contributed by atoms with E-state index in [4.69, 9.17) is 19.8 Å².